The van der Waals surface area contributed by atoms with E-state index in [9.17, 15) is 4.79 Å². The van der Waals surface area contributed by atoms with E-state index in [0.29, 0.717) is 5.82 Å². The molecule has 0 saturated carbocycles. The Hall–Kier alpha value is -2.54. The Morgan fingerprint density at radius 1 is 1.32 bits per heavy atom. The average molecular weight is 342 g/mol. The van der Waals surface area contributed by atoms with Crippen LogP contribution in [-0.2, 0) is 16.5 Å². The highest BCUT2D eigenvalue weighted by Gasteiger charge is 2.44. The summed E-state index contributed by atoms with van der Waals surface area (Å²) in [4.78, 5) is 24.9. The second-order valence-electron chi connectivity index (χ2n) is 6.04. The Bertz CT molecular complexity index is 821. The van der Waals surface area contributed by atoms with Gasteiger partial charge < -0.3 is 14.0 Å². The van der Waals surface area contributed by atoms with E-state index in [1.807, 2.05) is 25.5 Å². The number of rotatable bonds is 3. The smallest absolute Gasteiger partial charge is 0.356 e. The van der Waals surface area contributed by atoms with Crippen LogP contribution in [0, 0.1) is 5.41 Å². The molecule has 1 spiro atoms. The normalized spacial score (nSPS) is 16.9. The summed E-state index contributed by atoms with van der Waals surface area (Å²) in [7, 11) is 3.21. The van der Waals surface area contributed by atoms with E-state index < -0.39 is 5.97 Å². The Kier molecular flexibility index (Phi) is 4.67. The van der Waals surface area contributed by atoms with Crippen molar-refractivity contribution in [3.05, 3.63) is 36.1 Å². The maximum atomic E-state index is 11.9. The Labute approximate surface area is 146 Å². The Morgan fingerprint density at radius 2 is 2.04 bits per heavy atom. The van der Waals surface area contributed by atoms with Gasteiger partial charge in [-0.2, -0.15) is 0 Å². The SMILES string of the molecule is CC.COC(=O)c1cc(C2=CC3(COC3)C2)nc(-c2cncn2C)n1. The van der Waals surface area contributed by atoms with Crippen molar-refractivity contribution in [2.75, 3.05) is 20.3 Å². The first-order valence-corrected chi connectivity index (χ1v) is 8.34. The fourth-order valence-electron chi connectivity index (χ4n) is 2.94. The zero-order valence-electron chi connectivity index (χ0n) is 14.9. The van der Waals surface area contributed by atoms with Gasteiger partial charge in [0, 0.05) is 12.5 Å². The summed E-state index contributed by atoms with van der Waals surface area (Å²) in [5, 5.41) is 0. The van der Waals surface area contributed by atoms with Gasteiger partial charge in [0.15, 0.2) is 11.5 Å². The quantitative estimate of drug-likeness (QED) is 0.798. The molecule has 0 amide bonds. The molecule has 0 unspecified atom stereocenters. The molecule has 1 aliphatic carbocycles. The second-order valence-corrected chi connectivity index (χ2v) is 6.04. The fourth-order valence-corrected chi connectivity index (χ4v) is 2.94. The molecule has 2 aromatic heterocycles. The molecule has 7 heteroatoms. The van der Waals surface area contributed by atoms with Crippen molar-refractivity contribution >= 4 is 11.5 Å². The van der Waals surface area contributed by atoms with Gasteiger partial charge in [0.1, 0.15) is 5.69 Å². The molecule has 3 heterocycles. The number of esters is 1. The van der Waals surface area contributed by atoms with Gasteiger partial charge in [0.05, 0.1) is 38.5 Å². The lowest BCUT2D eigenvalue weighted by Crippen LogP contribution is -2.45. The fraction of sp³-hybridized carbons (Fsp3) is 0.444. The number of hydrogen-bond donors (Lipinski definition) is 0. The van der Waals surface area contributed by atoms with Crippen molar-refractivity contribution in [2.45, 2.75) is 20.3 Å². The zero-order chi connectivity index (χ0) is 18.0. The van der Waals surface area contributed by atoms with Crippen LogP contribution < -0.4 is 0 Å². The predicted octanol–water partition coefficient (Wildman–Crippen LogP) is 2.49. The molecule has 0 radical (unpaired) electrons. The van der Waals surface area contributed by atoms with E-state index >= 15 is 0 Å². The van der Waals surface area contributed by atoms with E-state index in [1.165, 1.54) is 7.11 Å². The van der Waals surface area contributed by atoms with Crippen molar-refractivity contribution < 1.29 is 14.3 Å². The third kappa shape index (κ3) is 3.07. The molecule has 7 nitrogen and oxygen atoms in total. The molecule has 0 bridgehead atoms. The summed E-state index contributed by atoms with van der Waals surface area (Å²) in [5.41, 5.74) is 3.05. The van der Waals surface area contributed by atoms with Crippen molar-refractivity contribution in [1.29, 1.82) is 0 Å². The van der Waals surface area contributed by atoms with E-state index in [2.05, 4.69) is 21.0 Å². The first-order chi connectivity index (χ1) is 12.1. The van der Waals surface area contributed by atoms with E-state index in [1.54, 1.807) is 18.6 Å². The summed E-state index contributed by atoms with van der Waals surface area (Å²) >= 11 is 0. The molecule has 132 valence electrons. The Balaban J connectivity index is 0.000000880. The number of allylic oxidation sites excluding steroid dienone is 1. The summed E-state index contributed by atoms with van der Waals surface area (Å²) in [5.74, 6) is -0.00621. The topological polar surface area (TPSA) is 79.1 Å². The highest BCUT2D eigenvalue weighted by molar-refractivity contribution is 5.89. The molecule has 1 fully saturated rings. The first kappa shape index (κ1) is 17.3. The number of imidazole rings is 1. The van der Waals surface area contributed by atoms with E-state index in [4.69, 9.17) is 9.47 Å². The van der Waals surface area contributed by atoms with Crippen molar-refractivity contribution in [3.63, 3.8) is 0 Å². The zero-order valence-corrected chi connectivity index (χ0v) is 14.9. The van der Waals surface area contributed by atoms with Gasteiger partial charge in [0.2, 0.25) is 0 Å². The summed E-state index contributed by atoms with van der Waals surface area (Å²) in [6.07, 6.45) is 6.45. The molecule has 1 saturated heterocycles. The Morgan fingerprint density at radius 3 is 2.56 bits per heavy atom. The first-order valence-electron chi connectivity index (χ1n) is 8.34. The van der Waals surface area contributed by atoms with Crippen LogP contribution >= 0.6 is 0 Å². The number of aryl methyl sites for hydroxylation is 1. The van der Waals surface area contributed by atoms with E-state index in [-0.39, 0.29) is 11.1 Å². The van der Waals surface area contributed by atoms with Crippen LogP contribution in [0.2, 0.25) is 0 Å². The maximum Gasteiger partial charge on any atom is 0.356 e. The van der Waals surface area contributed by atoms with Gasteiger partial charge >= 0.3 is 5.97 Å². The molecule has 2 aliphatic rings. The van der Waals surface area contributed by atoms with Crippen LogP contribution in [0.25, 0.3) is 17.1 Å². The molecule has 0 atom stereocenters. The van der Waals surface area contributed by atoms with Crippen LogP contribution in [0.3, 0.4) is 0 Å². The third-order valence-electron chi connectivity index (χ3n) is 4.30. The lowest BCUT2D eigenvalue weighted by molar-refractivity contribution is -0.0867. The van der Waals surface area contributed by atoms with Crippen molar-refractivity contribution in [2.24, 2.45) is 12.5 Å². The highest BCUT2D eigenvalue weighted by Crippen LogP contribution is 2.48. The van der Waals surface area contributed by atoms with Crippen LogP contribution in [0.5, 0.6) is 0 Å². The lowest BCUT2D eigenvalue weighted by Gasteiger charge is -2.46. The molecule has 0 N–H and O–H groups in total. The summed E-state index contributed by atoms with van der Waals surface area (Å²) < 4.78 is 11.9. The number of carbonyl (C=O) groups is 1. The van der Waals surface area contributed by atoms with Crippen LogP contribution in [-0.4, -0.2) is 45.8 Å². The molecular weight excluding hydrogens is 320 g/mol. The van der Waals surface area contributed by atoms with Crippen molar-refractivity contribution in [1.82, 2.24) is 19.5 Å². The lowest BCUT2D eigenvalue weighted by atomic mass is 9.68. The van der Waals surface area contributed by atoms with Crippen LogP contribution in [0.1, 0.15) is 36.5 Å². The monoisotopic (exact) mass is 342 g/mol. The molecule has 25 heavy (non-hydrogen) atoms. The number of nitrogens with zero attached hydrogens (tertiary/aromatic N) is 4. The van der Waals surface area contributed by atoms with Gasteiger partial charge in [0.25, 0.3) is 0 Å². The van der Waals surface area contributed by atoms with Gasteiger partial charge in [-0.3, -0.25) is 0 Å². The van der Waals surface area contributed by atoms with Gasteiger partial charge in [-0.15, -0.1) is 0 Å². The second kappa shape index (κ2) is 6.76. The minimum Gasteiger partial charge on any atom is -0.464 e. The number of ether oxygens (including phenoxy) is 2. The van der Waals surface area contributed by atoms with Crippen LogP contribution in [0.15, 0.2) is 24.7 Å². The predicted molar refractivity (Wildman–Crippen MR) is 92.8 cm³/mol. The molecule has 0 aromatic carbocycles. The number of carbonyl (C=O) groups excluding carboxylic acids is 1. The molecular formula is C18H22N4O3. The minimum absolute atomic E-state index is 0.179. The van der Waals surface area contributed by atoms with Gasteiger partial charge in [-0.1, -0.05) is 19.9 Å². The van der Waals surface area contributed by atoms with E-state index in [0.717, 1.165) is 36.6 Å². The maximum absolute atomic E-state index is 11.9. The third-order valence-corrected chi connectivity index (χ3v) is 4.30. The van der Waals surface area contributed by atoms with Crippen molar-refractivity contribution in [3.8, 4) is 11.5 Å². The molecule has 1 aliphatic heterocycles. The van der Waals surface area contributed by atoms with Crippen LogP contribution in [0.4, 0.5) is 0 Å². The average Bonchev–Trinajstić information content (AvgIpc) is 2.99. The summed E-state index contributed by atoms with van der Waals surface area (Å²) in [6.45, 7) is 5.53. The highest BCUT2D eigenvalue weighted by atomic mass is 16.5. The number of aromatic nitrogens is 4. The van der Waals surface area contributed by atoms with Gasteiger partial charge in [-0.05, 0) is 18.1 Å². The molecule has 4 rings (SSSR count). The molecule has 2 aromatic rings. The number of methoxy groups -OCH3 is 1. The minimum atomic E-state index is -0.473. The van der Waals surface area contributed by atoms with Gasteiger partial charge in [-0.25, -0.2) is 19.7 Å². The number of hydrogen-bond acceptors (Lipinski definition) is 6. The summed E-state index contributed by atoms with van der Waals surface area (Å²) in [6, 6.07) is 1.68. The standard InChI is InChI=1S/C16H16N4O3.C2H6/c1-20-9-17-6-13(20)14-18-11(3-12(19-14)15(21)22-2)10-4-16(5-10)7-23-8-16;1-2/h3-4,6,9H,5,7-8H2,1-2H3;1-2H3. The largest absolute Gasteiger partial charge is 0.464 e.